The third-order valence-electron chi connectivity index (χ3n) is 2.44. The molecule has 0 aliphatic heterocycles. The molecule has 0 saturated heterocycles. The SMILES string of the molecule is COc1cccc(CCl)c1OCc1cn(C)nn1. The largest absolute Gasteiger partial charge is 0.493 e. The first-order valence-electron chi connectivity index (χ1n) is 5.44. The van der Waals surface area contributed by atoms with Gasteiger partial charge in [-0.3, -0.25) is 4.68 Å². The van der Waals surface area contributed by atoms with Crippen LogP contribution in [0.5, 0.6) is 11.5 Å². The van der Waals surface area contributed by atoms with E-state index in [2.05, 4.69) is 10.3 Å². The summed E-state index contributed by atoms with van der Waals surface area (Å²) in [6.07, 6.45) is 1.80. The lowest BCUT2D eigenvalue weighted by Crippen LogP contribution is -2.00. The summed E-state index contributed by atoms with van der Waals surface area (Å²) >= 11 is 5.88. The molecule has 2 aromatic rings. The second-order valence-electron chi connectivity index (χ2n) is 3.75. The number of rotatable bonds is 5. The van der Waals surface area contributed by atoms with Crippen molar-refractivity contribution in [2.45, 2.75) is 12.5 Å². The van der Waals surface area contributed by atoms with E-state index in [-0.39, 0.29) is 0 Å². The van der Waals surface area contributed by atoms with Gasteiger partial charge in [0.15, 0.2) is 11.5 Å². The van der Waals surface area contributed by atoms with Crippen LogP contribution in [0.1, 0.15) is 11.3 Å². The Morgan fingerprint density at radius 3 is 2.83 bits per heavy atom. The first kappa shape index (κ1) is 12.7. The average molecular weight is 268 g/mol. The highest BCUT2D eigenvalue weighted by molar-refractivity contribution is 6.17. The van der Waals surface area contributed by atoms with Crippen LogP contribution < -0.4 is 9.47 Å². The molecule has 5 nitrogen and oxygen atoms in total. The van der Waals surface area contributed by atoms with Crippen molar-refractivity contribution >= 4 is 11.6 Å². The fourth-order valence-electron chi connectivity index (χ4n) is 1.60. The lowest BCUT2D eigenvalue weighted by Gasteiger charge is -2.12. The number of hydrogen-bond acceptors (Lipinski definition) is 4. The van der Waals surface area contributed by atoms with Crippen LogP contribution in [0.15, 0.2) is 24.4 Å². The van der Waals surface area contributed by atoms with Crippen LogP contribution in [0.3, 0.4) is 0 Å². The zero-order valence-corrected chi connectivity index (χ0v) is 11.0. The van der Waals surface area contributed by atoms with Crippen LogP contribution in [0.4, 0.5) is 0 Å². The van der Waals surface area contributed by atoms with E-state index in [1.54, 1.807) is 18.0 Å². The van der Waals surface area contributed by atoms with E-state index in [4.69, 9.17) is 21.1 Å². The van der Waals surface area contributed by atoms with Crippen LogP contribution >= 0.6 is 11.6 Å². The Kier molecular flexibility index (Phi) is 4.04. The number of ether oxygens (including phenoxy) is 2. The van der Waals surface area contributed by atoms with Gasteiger partial charge in [-0.25, -0.2) is 0 Å². The molecule has 0 radical (unpaired) electrons. The molecule has 0 atom stereocenters. The Labute approximate surface area is 110 Å². The highest BCUT2D eigenvalue weighted by Crippen LogP contribution is 2.32. The molecule has 0 fully saturated rings. The van der Waals surface area contributed by atoms with Crippen LogP contribution in [0, 0.1) is 0 Å². The molecule has 0 N–H and O–H groups in total. The fourth-order valence-corrected chi connectivity index (χ4v) is 1.81. The van der Waals surface area contributed by atoms with E-state index in [1.165, 1.54) is 0 Å². The van der Waals surface area contributed by atoms with Crippen LogP contribution in [0.25, 0.3) is 0 Å². The van der Waals surface area contributed by atoms with Crippen molar-refractivity contribution in [3.8, 4) is 11.5 Å². The van der Waals surface area contributed by atoms with Crippen molar-refractivity contribution in [1.82, 2.24) is 15.0 Å². The molecule has 1 heterocycles. The molecule has 0 unspecified atom stereocenters. The molecule has 18 heavy (non-hydrogen) atoms. The summed E-state index contributed by atoms with van der Waals surface area (Å²) in [6.45, 7) is 0.331. The summed E-state index contributed by atoms with van der Waals surface area (Å²) < 4.78 is 12.6. The van der Waals surface area contributed by atoms with Crippen molar-refractivity contribution in [2.24, 2.45) is 7.05 Å². The van der Waals surface area contributed by atoms with E-state index in [0.29, 0.717) is 24.0 Å². The molecule has 0 spiro atoms. The minimum atomic E-state index is 0.331. The number of hydrogen-bond donors (Lipinski definition) is 0. The van der Waals surface area contributed by atoms with Crippen molar-refractivity contribution in [3.05, 3.63) is 35.7 Å². The number of aryl methyl sites for hydroxylation is 1. The Morgan fingerprint density at radius 2 is 2.22 bits per heavy atom. The summed E-state index contributed by atoms with van der Waals surface area (Å²) in [6, 6.07) is 5.62. The van der Waals surface area contributed by atoms with E-state index in [9.17, 15) is 0 Å². The normalized spacial score (nSPS) is 10.4. The van der Waals surface area contributed by atoms with E-state index in [0.717, 1.165) is 11.3 Å². The second-order valence-corrected chi connectivity index (χ2v) is 4.02. The number of benzene rings is 1. The molecular formula is C12H14ClN3O2. The van der Waals surface area contributed by atoms with Crippen molar-refractivity contribution in [3.63, 3.8) is 0 Å². The van der Waals surface area contributed by atoms with Gasteiger partial charge in [-0.1, -0.05) is 17.3 Å². The van der Waals surface area contributed by atoms with E-state index < -0.39 is 0 Å². The first-order chi connectivity index (χ1) is 8.74. The lowest BCUT2D eigenvalue weighted by atomic mass is 10.2. The van der Waals surface area contributed by atoms with Gasteiger partial charge in [0, 0.05) is 12.6 Å². The third kappa shape index (κ3) is 2.73. The summed E-state index contributed by atoms with van der Waals surface area (Å²) in [5.41, 5.74) is 1.64. The Balaban J connectivity index is 2.17. The van der Waals surface area contributed by atoms with E-state index in [1.807, 2.05) is 25.2 Å². The molecule has 0 bridgehead atoms. The predicted molar refractivity (Wildman–Crippen MR) is 67.9 cm³/mol. The summed E-state index contributed by atoms with van der Waals surface area (Å²) in [5, 5.41) is 7.80. The molecular weight excluding hydrogens is 254 g/mol. The zero-order valence-electron chi connectivity index (χ0n) is 10.3. The van der Waals surface area contributed by atoms with Gasteiger partial charge in [0.1, 0.15) is 12.3 Å². The molecule has 0 amide bonds. The van der Waals surface area contributed by atoms with Crippen LogP contribution in [0.2, 0.25) is 0 Å². The maximum Gasteiger partial charge on any atom is 0.166 e. The molecule has 0 aliphatic carbocycles. The van der Waals surface area contributed by atoms with Gasteiger partial charge in [0.2, 0.25) is 0 Å². The number of para-hydroxylation sites is 1. The average Bonchev–Trinajstić information content (AvgIpc) is 2.81. The zero-order chi connectivity index (χ0) is 13.0. The quantitative estimate of drug-likeness (QED) is 0.779. The van der Waals surface area contributed by atoms with Gasteiger partial charge in [-0.05, 0) is 6.07 Å². The Bertz CT molecular complexity index is 506. The molecule has 0 aliphatic rings. The number of alkyl halides is 1. The van der Waals surface area contributed by atoms with Gasteiger partial charge in [-0.2, -0.15) is 0 Å². The minimum absolute atomic E-state index is 0.331. The maximum absolute atomic E-state index is 5.88. The van der Waals surface area contributed by atoms with Gasteiger partial charge < -0.3 is 9.47 Å². The number of aromatic nitrogens is 3. The number of methoxy groups -OCH3 is 1. The molecule has 1 aromatic carbocycles. The van der Waals surface area contributed by atoms with E-state index >= 15 is 0 Å². The van der Waals surface area contributed by atoms with Gasteiger partial charge in [0.05, 0.1) is 19.2 Å². The molecule has 1 aromatic heterocycles. The lowest BCUT2D eigenvalue weighted by molar-refractivity contribution is 0.278. The van der Waals surface area contributed by atoms with Gasteiger partial charge in [-0.15, -0.1) is 16.7 Å². The van der Waals surface area contributed by atoms with Gasteiger partial charge in [0.25, 0.3) is 0 Å². The summed E-state index contributed by atoms with van der Waals surface area (Å²) in [7, 11) is 3.41. The Morgan fingerprint density at radius 1 is 1.39 bits per heavy atom. The highest BCUT2D eigenvalue weighted by atomic mass is 35.5. The topological polar surface area (TPSA) is 49.2 Å². The van der Waals surface area contributed by atoms with Gasteiger partial charge >= 0.3 is 0 Å². The molecule has 2 rings (SSSR count). The van der Waals surface area contributed by atoms with Crippen molar-refractivity contribution in [1.29, 1.82) is 0 Å². The molecule has 6 heteroatoms. The highest BCUT2D eigenvalue weighted by Gasteiger charge is 2.10. The monoisotopic (exact) mass is 267 g/mol. The summed E-state index contributed by atoms with van der Waals surface area (Å²) in [4.78, 5) is 0. The van der Waals surface area contributed by atoms with Crippen LogP contribution in [-0.2, 0) is 19.5 Å². The maximum atomic E-state index is 5.88. The standard InChI is InChI=1S/C12H14ClN3O2/c1-16-7-10(14-15-16)8-18-12-9(6-13)4-3-5-11(12)17-2/h3-5,7H,6,8H2,1-2H3. The number of halogens is 1. The Hall–Kier alpha value is -1.75. The van der Waals surface area contributed by atoms with Crippen molar-refractivity contribution < 1.29 is 9.47 Å². The molecule has 96 valence electrons. The minimum Gasteiger partial charge on any atom is -0.493 e. The molecule has 0 saturated carbocycles. The van der Waals surface area contributed by atoms with Crippen molar-refractivity contribution in [2.75, 3.05) is 7.11 Å². The number of nitrogens with zero attached hydrogens (tertiary/aromatic N) is 3. The predicted octanol–water partition coefficient (Wildman–Crippen LogP) is 2.14. The second kappa shape index (κ2) is 5.73. The fraction of sp³-hybridized carbons (Fsp3) is 0.333. The first-order valence-corrected chi connectivity index (χ1v) is 5.98. The third-order valence-corrected chi connectivity index (χ3v) is 2.73. The smallest absolute Gasteiger partial charge is 0.166 e. The van der Waals surface area contributed by atoms with Crippen LogP contribution in [-0.4, -0.2) is 22.1 Å². The summed E-state index contributed by atoms with van der Waals surface area (Å²) in [5.74, 6) is 1.69.